The Morgan fingerprint density at radius 3 is 2.85 bits per heavy atom. The van der Waals surface area contributed by atoms with Crippen LogP contribution in [-0.2, 0) is 12.8 Å². The molecule has 0 aliphatic heterocycles. The number of hydrogen-bond acceptors (Lipinski definition) is 6. The second kappa shape index (κ2) is 5.87. The molecule has 4 nitrogen and oxygen atoms in total. The van der Waals surface area contributed by atoms with Crippen molar-refractivity contribution >= 4 is 39.1 Å². The van der Waals surface area contributed by atoms with E-state index in [0.717, 1.165) is 22.2 Å². The Morgan fingerprint density at radius 2 is 2.10 bits per heavy atom. The number of aliphatic hydroxyl groups is 1. The Morgan fingerprint density at radius 1 is 1.30 bits per heavy atom. The summed E-state index contributed by atoms with van der Waals surface area (Å²) in [5.74, 6) is 0.979. The van der Waals surface area contributed by atoms with Crippen molar-refractivity contribution in [3.63, 3.8) is 0 Å². The Hall–Kier alpha value is -0.850. The fourth-order valence-corrected chi connectivity index (χ4v) is 4.42. The molecule has 0 radical (unpaired) electrons. The Labute approximate surface area is 127 Å². The van der Waals surface area contributed by atoms with E-state index in [4.69, 9.17) is 4.98 Å². The van der Waals surface area contributed by atoms with Crippen LogP contribution in [0, 0.1) is 0 Å². The lowest BCUT2D eigenvalue weighted by atomic mass is 9.97. The number of likely N-dealkylation sites (N-methyl/N-ethyl adjacent to an activating group) is 1. The molecular formula is C14H19N3OS2. The molecule has 20 heavy (non-hydrogen) atoms. The van der Waals surface area contributed by atoms with Gasteiger partial charge in [-0.1, -0.05) is 11.8 Å². The first-order valence-corrected chi connectivity index (χ1v) is 8.97. The summed E-state index contributed by atoms with van der Waals surface area (Å²) in [6, 6.07) is 0. The molecule has 1 aliphatic carbocycles. The third-order valence-electron chi connectivity index (χ3n) is 3.75. The third kappa shape index (κ3) is 2.40. The Bertz CT molecular complexity index is 626. The SMILES string of the molecule is CSc1nc(N(C)CCO)c2c3c(sc2n1)CCCC3. The number of thiophene rings is 1. The highest BCUT2D eigenvalue weighted by molar-refractivity contribution is 7.98. The Balaban J connectivity index is 2.21. The standard InChI is InChI=1S/C14H19N3OS2/c1-17(7-8-18)12-11-9-5-3-4-6-10(9)20-13(11)16-14(15-12)19-2/h18H,3-8H2,1-2H3. The summed E-state index contributed by atoms with van der Waals surface area (Å²) in [5.41, 5.74) is 1.45. The molecular weight excluding hydrogens is 290 g/mol. The van der Waals surface area contributed by atoms with E-state index in [9.17, 15) is 5.11 Å². The third-order valence-corrected chi connectivity index (χ3v) is 5.49. The first-order valence-electron chi connectivity index (χ1n) is 6.93. The number of rotatable bonds is 4. The van der Waals surface area contributed by atoms with Crippen LogP contribution >= 0.6 is 23.1 Å². The molecule has 0 unspecified atom stereocenters. The maximum Gasteiger partial charge on any atom is 0.190 e. The van der Waals surface area contributed by atoms with E-state index in [1.54, 1.807) is 11.8 Å². The summed E-state index contributed by atoms with van der Waals surface area (Å²) in [6.07, 6.45) is 6.85. The lowest BCUT2D eigenvalue weighted by Crippen LogP contribution is -2.23. The zero-order valence-electron chi connectivity index (χ0n) is 11.8. The molecule has 0 spiro atoms. The van der Waals surface area contributed by atoms with Crippen molar-refractivity contribution in [3.8, 4) is 0 Å². The zero-order valence-corrected chi connectivity index (χ0v) is 13.5. The van der Waals surface area contributed by atoms with Crippen molar-refractivity contribution in [2.24, 2.45) is 0 Å². The molecule has 2 aromatic rings. The topological polar surface area (TPSA) is 49.2 Å². The smallest absolute Gasteiger partial charge is 0.190 e. The van der Waals surface area contributed by atoms with Crippen LogP contribution in [0.4, 0.5) is 5.82 Å². The second-order valence-corrected chi connectivity index (χ2v) is 6.93. The van der Waals surface area contributed by atoms with E-state index in [2.05, 4.69) is 4.98 Å². The van der Waals surface area contributed by atoms with E-state index in [0.29, 0.717) is 6.54 Å². The minimum Gasteiger partial charge on any atom is -0.395 e. The van der Waals surface area contributed by atoms with Gasteiger partial charge in [-0.3, -0.25) is 0 Å². The van der Waals surface area contributed by atoms with Crippen LogP contribution in [0.15, 0.2) is 5.16 Å². The van der Waals surface area contributed by atoms with Gasteiger partial charge < -0.3 is 10.0 Å². The number of fused-ring (bicyclic) bond motifs is 3. The van der Waals surface area contributed by atoms with Gasteiger partial charge in [0.1, 0.15) is 10.6 Å². The van der Waals surface area contributed by atoms with Crippen LogP contribution in [0.5, 0.6) is 0 Å². The van der Waals surface area contributed by atoms with Crippen LogP contribution in [0.2, 0.25) is 0 Å². The predicted molar refractivity (Wildman–Crippen MR) is 86.2 cm³/mol. The molecule has 2 heterocycles. The Kier molecular flexibility index (Phi) is 4.14. The molecule has 2 aromatic heterocycles. The fraction of sp³-hybridized carbons (Fsp3) is 0.571. The summed E-state index contributed by atoms with van der Waals surface area (Å²) in [7, 11) is 2.00. The number of aliphatic hydroxyl groups excluding tert-OH is 1. The van der Waals surface area contributed by atoms with Gasteiger partial charge in [0, 0.05) is 18.5 Å². The van der Waals surface area contributed by atoms with Crippen molar-refractivity contribution in [2.45, 2.75) is 30.8 Å². The number of anilines is 1. The summed E-state index contributed by atoms with van der Waals surface area (Å²) in [6.45, 7) is 0.744. The van der Waals surface area contributed by atoms with Gasteiger partial charge >= 0.3 is 0 Å². The molecule has 3 rings (SSSR count). The first-order chi connectivity index (χ1) is 9.74. The van der Waals surface area contributed by atoms with Gasteiger partial charge in [-0.2, -0.15) is 0 Å². The largest absolute Gasteiger partial charge is 0.395 e. The highest BCUT2D eigenvalue weighted by atomic mass is 32.2. The monoisotopic (exact) mass is 309 g/mol. The maximum absolute atomic E-state index is 9.20. The number of nitrogens with zero attached hydrogens (tertiary/aromatic N) is 3. The second-order valence-electron chi connectivity index (χ2n) is 5.07. The normalized spacial score (nSPS) is 14.6. The van der Waals surface area contributed by atoms with Crippen LogP contribution in [-0.4, -0.2) is 41.5 Å². The molecule has 0 saturated carbocycles. The summed E-state index contributed by atoms with van der Waals surface area (Å²) < 4.78 is 0. The van der Waals surface area contributed by atoms with Gasteiger partial charge in [-0.15, -0.1) is 11.3 Å². The molecule has 0 aromatic carbocycles. The van der Waals surface area contributed by atoms with E-state index in [-0.39, 0.29) is 6.61 Å². The van der Waals surface area contributed by atoms with Crippen molar-refractivity contribution in [1.29, 1.82) is 0 Å². The molecule has 0 amide bonds. The van der Waals surface area contributed by atoms with E-state index >= 15 is 0 Å². The minimum atomic E-state index is 0.142. The van der Waals surface area contributed by atoms with Gasteiger partial charge in [-0.05, 0) is 37.5 Å². The quantitative estimate of drug-likeness (QED) is 0.695. The highest BCUT2D eigenvalue weighted by Crippen LogP contribution is 2.40. The predicted octanol–water partition coefficient (Wildman–Crippen LogP) is 2.72. The van der Waals surface area contributed by atoms with E-state index in [1.165, 1.54) is 35.1 Å². The van der Waals surface area contributed by atoms with Crippen LogP contribution in [0.1, 0.15) is 23.3 Å². The van der Waals surface area contributed by atoms with Crippen molar-refractivity contribution in [2.75, 3.05) is 31.4 Å². The number of hydrogen-bond donors (Lipinski definition) is 1. The van der Waals surface area contributed by atoms with Crippen molar-refractivity contribution < 1.29 is 5.11 Å². The van der Waals surface area contributed by atoms with Crippen LogP contribution in [0.3, 0.4) is 0 Å². The van der Waals surface area contributed by atoms with Crippen molar-refractivity contribution in [1.82, 2.24) is 9.97 Å². The molecule has 108 valence electrons. The summed E-state index contributed by atoms with van der Waals surface area (Å²) in [5, 5.41) is 11.2. The molecule has 0 fully saturated rings. The molecule has 0 bridgehead atoms. The van der Waals surface area contributed by atoms with Crippen LogP contribution in [0.25, 0.3) is 10.2 Å². The lowest BCUT2D eigenvalue weighted by molar-refractivity contribution is 0.304. The maximum atomic E-state index is 9.20. The minimum absolute atomic E-state index is 0.142. The van der Waals surface area contributed by atoms with Gasteiger partial charge in [0.25, 0.3) is 0 Å². The molecule has 1 N–H and O–H groups in total. The summed E-state index contributed by atoms with van der Waals surface area (Å²) in [4.78, 5) is 14.0. The first kappa shape index (κ1) is 14.1. The van der Waals surface area contributed by atoms with E-state index < -0.39 is 0 Å². The van der Waals surface area contributed by atoms with Gasteiger partial charge in [0.15, 0.2) is 5.16 Å². The lowest BCUT2D eigenvalue weighted by Gasteiger charge is -2.19. The highest BCUT2D eigenvalue weighted by Gasteiger charge is 2.22. The average Bonchev–Trinajstić information content (AvgIpc) is 2.84. The van der Waals surface area contributed by atoms with Crippen LogP contribution < -0.4 is 4.90 Å². The van der Waals surface area contributed by atoms with Gasteiger partial charge in [0.05, 0.1) is 12.0 Å². The molecule has 0 saturated heterocycles. The average molecular weight is 309 g/mol. The summed E-state index contributed by atoms with van der Waals surface area (Å²) >= 11 is 3.40. The van der Waals surface area contributed by atoms with Gasteiger partial charge in [0.2, 0.25) is 0 Å². The van der Waals surface area contributed by atoms with E-state index in [1.807, 2.05) is 29.5 Å². The molecule has 6 heteroatoms. The van der Waals surface area contributed by atoms with Gasteiger partial charge in [-0.25, -0.2) is 9.97 Å². The molecule has 0 atom stereocenters. The zero-order chi connectivity index (χ0) is 14.1. The van der Waals surface area contributed by atoms with Crippen molar-refractivity contribution in [3.05, 3.63) is 10.4 Å². The number of aryl methyl sites for hydroxylation is 2. The molecule has 1 aliphatic rings. The fourth-order valence-electron chi connectivity index (χ4n) is 2.74. The number of thioether (sulfide) groups is 1. The number of aromatic nitrogens is 2.